The first kappa shape index (κ1) is 18.5. The molecule has 2 aliphatic heterocycles. The number of nitrogens with one attached hydrogen (secondary N) is 1. The number of hydrogen-bond acceptors (Lipinski definition) is 5. The van der Waals surface area contributed by atoms with Crippen molar-refractivity contribution < 1.29 is 27.8 Å². The second-order valence-electron chi connectivity index (χ2n) is 7.47. The average Bonchev–Trinajstić information content (AvgIpc) is 2.95. The molecule has 2 saturated heterocycles. The molecule has 0 bridgehead atoms. The highest BCUT2D eigenvalue weighted by Crippen LogP contribution is 2.69. The lowest BCUT2D eigenvalue weighted by atomic mass is 10.1. The fourth-order valence-electron chi connectivity index (χ4n) is 4.19. The summed E-state index contributed by atoms with van der Waals surface area (Å²) in [6, 6.07) is 4.70. The first-order valence-electron chi connectivity index (χ1n) is 9.07. The number of ether oxygens (including phenoxy) is 1. The summed E-state index contributed by atoms with van der Waals surface area (Å²) in [5, 5.41) is 2.68. The van der Waals surface area contributed by atoms with Crippen molar-refractivity contribution >= 4 is 28.3 Å². The first-order chi connectivity index (χ1) is 12.8. The Kier molecular flexibility index (Phi) is 4.56. The molecule has 3 fully saturated rings. The molecule has 1 unspecified atom stereocenters. The SMILES string of the molecule is CCC(=O)NC[C@H]1CN(c2ccc(C3[C@H]4CS(O)(O)C[C@@H]34)c(F)c2)C(=O)O1. The minimum Gasteiger partial charge on any atom is -0.442 e. The molecule has 2 heterocycles. The Hall–Kier alpha value is -1.84. The number of rotatable bonds is 5. The molecule has 3 N–H and O–H groups in total. The van der Waals surface area contributed by atoms with E-state index in [0.717, 1.165) is 0 Å². The smallest absolute Gasteiger partial charge is 0.414 e. The van der Waals surface area contributed by atoms with E-state index in [2.05, 4.69) is 5.32 Å². The van der Waals surface area contributed by atoms with E-state index in [-0.39, 0.29) is 42.6 Å². The van der Waals surface area contributed by atoms with E-state index < -0.39 is 22.8 Å². The molecule has 27 heavy (non-hydrogen) atoms. The first-order valence-corrected chi connectivity index (χ1v) is 11.0. The normalized spacial score (nSPS) is 32.0. The molecule has 148 valence electrons. The summed E-state index contributed by atoms with van der Waals surface area (Å²) < 4.78 is 39.3. The van der Waals surface area contributed by atoms with Crippen molar-refractivity contribution in [3.05, 3.63) is 29.6 Å². The van der Waals surface area contributed by atoms with Gasteiger partial charge in [-0.2, -0.15) is 10.6 Å². The number of amides is 2. The lowest BCUT2D eigenvalue weighted by Crippen LogP contribution is -2.34. The quantitative estimate of drug-likeness (QED) is 0.708. The maximum atomic E-state index is 14.7. The van der Waals surface area contributed by atoms with Gasteiger partial charge in [0.05, 0.1) is 18.8 Å². The fraction of sp³-hybridized carbons (Fsp3) is 0.556. The van der Waals surface area contributed by atoms with Crippen LogP contribution in [0.2, 0.25) is 0 Å². The monoisotopic (exact) mass is 398 g/mol. The van der Waals surface area contributed by atoms with Gasteiger partial charge in [-0.05, 0) is 35.4 Å². The maximum absolute atomic E-state index is 14.7. The number of cyclic esters (lactones) is 1. The van der Waals surface area contributed by atoms with E-state index in [1.165, 1.54) is 11.0 Å². The zero-order valence-electron chi connectivity index (χ0n) is 14.9. The summed E-state index contributed by atoms with van der Waals surface area (Å²) in [4.78, 5) is 24.8. The van der Waals surface area contributed by atoms with Crippen LogP contribution in [0.4, 0.5) is 14.9 Å². The third-order valence-electron chi connectivity index (χ3n) is 5.63. The van der Waals surface area contributed by atoms with Crippen molar-refractivity contribution in [3.8, 4) is 0 Å². The number of anilines is 1. The van der Waals surface area contributed by atoms with Crippen LogP contribution in [0.25, 0.3) is 0 Å². The molecule has 1 aliphatic carbocycles. The van der Waals surface area contributed by atoms with Gasteiger partial charge < -0.3 is 10.1 Å². The van der Waals surface area contributed by atoms with Gasteiger partial charge in [-0.25, -0.2) is 9.18 Å². The highest BCUT2D eigenvalue weighted by Gasteiger charge is 2.59. The minimum atomic E-state index is -2.47. The Bertz CT molecular complexity index is 775. The van der Waals surface area contributed by atoms with Crippen LogP contribution in [0.5, 0.6) is 0 Å². The van der Waals surface area contributed by atoms with E-state index >= 15 is 0 Å². The molecule has 4 atom stereocenters. The van der Waals surface area contributed by atoms with Crippen LogP contribution >= 0.6 is 10.6 Å². The molecule has 1 saturated carbocycles. The highest BCUT2D eigenvalue weighted by molar-refractivity contribution is 8.24. The average molecular weight is 398 g/mol. The summed E-state index contributed by atoms with van der Waals surface area (Å²) in [5.74, 6) is 0.504. The van der Waals surface area contributed by atoms with E-state index in [9.17, 15) is 23.1 Å². The minimum absolute atomic E-state index is 0.0292. The van der Waals surface area contributed by atoms with E-state index in [1.807, 2.05) is 0 Å². The van der Waals surface area contributed by atoms with Crippen molar-refractivity contribution in [3.63, 3.8) is 0 Å². The number of hydrogen-bond donors (Lipinski definition) is 3. The highest BCUT2D eigenvalue weighted by atomic mass is 32.3. The molecule has 0 spiro atoms. The third kappa shape index (κ3) is 3.51. The van der Waals surface area contributed by atoms with Crippen LogP contribution in [0.3, 0.4) is 0 Å². The fourth-order valence-corrected chi connectivity index (χ4v) is 6.47. The lowest BCUT2D eigenvalue weighted by Gasteiger charge is -2.29. The topological polar surface area (TPSA) is 99.1 Å². The molecule has 7 nitrogen and oxygen atoms in total. The van der Waals surface area contributed by atoms with Crippen LogP contribution in [-0.2, 0) is 9.53 Å². The number of nitrogens with zero attached hydrogens (tertiary/aromatic N) is 1. The summed E-state index contributed by atoms with van der Waals surface area (Å²) in [7, 11) is -2.47. The molecule has 4 rings (SSSR count). The van der Waals surface area contributed by atoms with Gasteiger partial charge in [-0.3, -0.25) is 18.8 Å². The molecule has 1 aromatic rings. The van der Waals surface area contributed by atoms with Gasteiger partial charge in [-0.15, -0.1) is 0 Å². The van der Waals surface area contributed by atoms with Crippen LogP contribution < -0.4 is 10.2 Å². The Labute approximate surface area is 158 Å². The molecule has 3 aliphatic rings. The van der Waals surface area contributed by atoms with Crippen LogP contribution in [0, 0.1) is 17.7 Å². The van der Waals surface area contributed by atoms with Crippen molar-refractivity contribution in [1.82, 2.24) is 5.32 Å². The standard InChI is InChI=1S/C18H23FN2O5S/c1-2-16(22)20-6-11-7-21(18(23)26-11)10-3-4-12(15(19)5-10)17-13-8-27(24,25)9-14(13)17/h3-5,11,13-14,17,24-25H,2,6-9H2,1H3,(H,20,22)/t11-,13-,14+,17?/m0/s1. The number of benzene rings is 1. The van der Waals surface area contributed by atoms with Gasteiger partial charge in [0.15, 0.2) is 0 Å². The predicted octanol–water partition coefficient (Wildman–Crippen LogP) is 2.77. The zero-order chi connectivity index (χ0) is 19.3. The lowest BCUT2D eigenvalue weighted by molar-refractivity contribution is -0.121. The van der Waals surface area contributed by atoms with Gasteiger partial charge in [0.2, 0.25) is 5.91 Å². The van der Waals surface area contributed by atoms with Gasteiger partial charge in [0.1, 0.15) is 11.9 Å². The Morgan fingerprint density at radius 1 is 1.37 bits per heavy atom. The number of carbonyl (C=O) groups is 2. The van der Waals surface area contributed by atoms with Gasteiger partial charge in [-0.1, -0.05) is 13.0 Å². The summed E-state index contributed by atoms with van der Waals surface area (Å²) >= 11 is 0. The molecular formula is C18H23FN2O5S. The van der Waals surface area contributed by atoms with Crippen molar-refractivity contribution in [2.24, 2.45) is 11.8 Å². The van der Waals surface area contributed by atoms with Crippen LogP contribution in [0.1, 0.15) is 24.8 Å². The van der Waals surface area contributed by atoms with E-state index in [1.54, 1.807) is 19.1 Å². The molecular weight excluding hydrogens is 375 g/mol. The zero-order valence-corrected chi connectivity index (χ0v) is 15.7. The molecule has 2 amide bonds. The molecule has 1 aromatic carbocycles. The van der Waals surface area contributed by atoms with Gasteiger partial charge in [0, 0.05) is 17.9 Å². The number of carbonyl (C=O) groups excluding carboxylic acids is 2. The predicted molar refractivity (Wildman–Crippen MR) is 99.6 cm³/mol. The van der Waals surface area contributed by atoms with Crippen molar-refractivity contribution in [2.75, 3.05) is 29.5 Å². The maximum Gasteiger partial charge on any atom is 0.414 e. The Morgan fingerprint density at radius 2 is 2.07 bits per heavy atom. The molecule has 0 aromatic heterocycles. The molecule has 0 radical (unpaired) electrons. The second kappa shape index (κ2) is 6.65. The van der Waals surface area contributed by atoms with Crippen molar-refractivity contribution in [2.45, 2.75) is 25.4 Å². The Balaban J connectivity index is 1.41. The number of fused-ring (bicyclic) bond motifs is 1. The van der Waals surface area contributed by atoms with Gasteiger partial charge in [0.25, 0.3) is 0 Å². The Morgan fingerprint density at radius 3 is 2.70 bits per heavy atom. The third-order valence-corrected chi connectivity index (χ3v) is 7.46. The second-order valence-corrected chi connectivity index (χ2v) is 9.74. The van der Waals surface area contributed by atoms with E-state index in [0.29, 0.717) is 29.2 Å². The van der Waals surface area contributed by atoms with Crippen molar-refractivity contribution in [1.29, 1.82) is 0 Å². The van der Waals surface area contributed by atoms with Crippen LogP contribution in [0.15, 0.2) is 18.2 Å². The summed E-state index contributed by atoms with van der Waals surface area (Å²) in [6.45, 7) is 2.22. The van der Waals surface area contributed by atoms with Gasteiger partial charge >= 0.3 is 6.09 Å². The van der Waals surface area contributed by atoms with E-state index in [4.69, 9.17) is 4.74 Å². The van der Waals surface area contributed by atoms with Crippen LogP contribution in [-0.4, -0.2) is 51.8 Å². The molecule has 9 heteroatoms. The summed E-state index contributed by atoms with van der Waals surface area (Å²) in [5.41, 5.74) is 0.989. The summed E-state index contributed by atoms with van der Waals surface area (Å²) in [6.07, 6.45) is -0.672. The number of halogens is 1. The largest absolute Gasteiger partial charge is 0.442 e.